The number of ether oxygens (including phenoxy) is 1. The van der Waals surface area contributed by atoms with Crippen molar-refractivity contribution in [2.24, 2.45) is 5.92 Å². The Labute approximate surface area is 180 Å². The van der Waals surface area contributed by atoms with Gasteiger partial charge in [-0.25, -0.2) is 9.59 Å². The summed E-state index contributed by atoms with van der Waals surface area (Å²) in [5, 5.41) is 8.69. The minimum Gasteiger partial charge on any atom is -0.358 e. The highest BCUT2D eigenvalue weighted by atomic mass is 16.5. The highest BCUT2D eigenvalue weighted by molar-refractivity contribution is 5.76. The summed E-state index contributed by atoms with van der Waals surface area (Å²) in [4.78, 5) is 40.2. The van der Waals surface area contributed by atoms with Gasteiger partial charge in [-0.1, -0.05) is 24.3 Å². The third kappa shape index (κ3) is 4.77. The summed E-state index contributed by atoms with van der Waals surface area (Å²) in [6, 6.07) is 9.27. The molecule has 164 valence electrons. The molecule has 3 heterocycles. The van der Waals surface area contributed by atoms with E-state index in [9.17, 15) is 14.4 Å². The molecule has 2 aliphatic heterocycles. The van der Waals surface area contributed by atoms with Gasteiger partial charge in [0.2, 0.25) is 5.91 Å². The van der Waals surface area contributed by atoms with Gasteiger partial charge in [-0.15, -0.1) is 0 Å². The number of benzene rings is 1. The summed E-state index contributed by atoms with van der Waals surface area (Å²) in [7, 11) is 0. The van der Waals surface area contributed by atoms with Crippen molar-refractivity contribution < 1.29 is 14.3 Å². The van der Waals surface area contributed by atoms with Crippen molar-refractivity contribution in [2.45, 2.75) is 52.0 Å². The predicted molar refractivity (Wildman–Crippen MR) is 113 cm³/mol. The van der Waals surface area contributed by atoms with Gasteiger partial charge in [0, 0.05) is 30.5 Å². The lowest BCUT2D eigenvalue weighted by Crippen LogP contribution is -2.58. The lowest BCUT2D eigenvalue weighted by Gasteiger charge is -2.41. The molecular formula is C22H27N5O4. The highest BCUT2D eigenvalue weighted by Gasteiger charge is 2.39. The van der Waals surface area contributed by atoms with E-state index in [1.807, 2.05) is 24.3 Å². The minimum absolute atomic E-state index is 0.0692. The number of carbonyl (C=O) groups is 2. The minimum atomic E-state index is -0.425. The van der Waals surface area contributed by atoms with Gasteiger partial charge < -0.3 is 20.7 Å². The molecule has 9 heteroatoms. The Hall–Kier alpha value is -3.20. The molecule has 3 amide bonds. The Morgan fingerprint density at radius 1 is 1.23 bits per heavy atom. The molecule has 2 aromatic rings. The van der Waals surface area contributed by atoms with E-state index in [1.54, 1.807) is 19.9 Å². The van der Waals surface area contributed by atoms with Crippen molar-refractivity contribution in [1.82, 2.24) is 25.5 Å². The zero-order chi connectivity index (χ0) is 22.0. The molecule has 3 N–H and O–H groups in total. The van der Waals surface area contributed by atoms with Crippen molar-refractivity contribution in [3.63, 3.8) is 0 Å². The molecule has 0 saturated carbocycles. The maximum atomic E-state index is 12.3. The molecule has 9 nitrogen and oxygen atoms in total. The van der Waals surface area contributed by atoms with Gasteiger partial charge in [0.15, 0.2) is 0 Å². The van der Waals surface area contributed by atoms with Crippen molar-refractivity contribution in [3.05, 3.63) is 63.3 Å². The number of amides is 3. The van der Waals surface area contributed by atoms with Crippen molar-refractivity contribution in [3.8, 4) is 0 Å². The Balaban J connectivity index is 1.37. The van der Waals surface area contributed by atoms with Crippen LogP contribution in [0.5, 0.6) is 0 Å². The fourth-order valence-corrected chi connectivity index (χ4v) is 4.25. The summed E-state index contributed by atoms with van der Waals surface area (Å²) >= 11 is 0. The van der Waals surface area contributed by atoms with Crippen molar-refractivity contribution in [2.75, 3.05) is 6.61 Å². The molecule has 2 fully saturated rings. The van der Waals surface area contributed by atoms with Crippen LogP contribution in [0.4, 0.5) is 4.79 Å². The molecule has 2 saturated heterocycles. The van der Waals surface area contributed by atoms with Gasteiger partial charge in [-0.3, -0.25) is 9.36 Å². The van der Waals surface area contributed by atoms with E-state index in [1.165, 1.54) is 4.57 Å². The molecule has 1 aromatic carbocycles. The summed E-state index contributed by atoms with van der Waals surface area (Å²) in [6.07, 6.45) is 1.69. The van der Waals surface area contributed by atoms with E-state index < -0.39 is 5.69 Å². The molecule has 0 spiro atoms. The molecule has 2 aliphatic rings. The second-order valence-electron chi connectivity index (χ2n) is 8.12. The molecule has 0 aliphatic carbocycles. The Morgan fingerprint density at radius 3 is 2.74 bits per heavy atom. The number of hydrogen-bond donors (Lipinski definition) is 3. The van der Waals surface area contributed by atoms with Crippen molar-refractivity contribution in [1.29, 1.82) is 0 Å². The maximum absolute atomic E-state index is 12.3. The van der Waals surface area contributed by atoms with Gasteiger partial charge in [-0.05, 0) is 43.9 Å². The average molecular weight is 425 g/mol. The van der Waals surface area contributed by atoms with E-state index in [2.05, 4.69) is 20.9 Å². The van der Waals surface area contributed by atoms with Crippen LogP contribution in [0.25, 0.3) is 0 Å². The topological polar surface area (TPSA) is 114 Å². The summed E-state index contributed by atoms with van der Waals surface area (Å²) in [6.45, 7) is 4.47. The Bertz CT molecular complexity index is 1030. The number of urea groups is 1. The molecular weight excluding hydrogens is 398 g/mol. The number of carbonyl (C=O) groups excluding carboxylic acids is 2. The van der Waals surface area contributed by atoms with Crippen LogP contribution in [0.1, 0.15) is 41.4 Å². The molecule has 1 aromatic heterocycles. The lowest BCUT2D eigenvalue weighted by molar-refractivity contribution is -0.121. The lowest BCUT2D eigenvalue weighted by atomic mass is 9.85. The van der Waals surface area contributed by atoms with Gasteiger partial charge in [0.05, 0.1) is 6.04 Å². The largest absolute Gasteiger partial charge is 0.358 e. The third-order valence-electron chi connectivity index (χ3n) is 5.83. The predicted octanol–water partition coefficient (Wildman–Crippen LogP) is 1.28. The van der Waals surface area contributed by atoms with E-state index in [-0.39, 0.29) is 36.7 Å². The zero-order valence-corrected chi connectivity index (χ0v) is 17.7. The number of fused-ring (bicyclic) bond motifs is 1. The van der Waals surface area contributed by atoms with Crippen LogP contribution >= 0.6 is 0 Å². The van der Waals surface area contributed by atoms with Crippen LogP contribution in [-0.4, -0.2) is 34.3 Å². The number of aryl methyl sites for hydroxylation is 2. The standard InChI is InChI=1S/C22H27N5O4/c1-13-10-14(2)27(22(30)24-13)12-18(28)23-11-15-5-7-16(8-6-15)19-17-4-3-9-31-20(17)26-21(29)25-19/h5-8,10,17,19-20H,3-4,9,11-12H2,1-2H3,(H,23,28)(H2,25,26,29)/t17-,19-,20-/m0/s1. The molecule has 31 heavy (non-hydrogen) atoms. The van der Waals surface area contributed by atoms with Crippen LogP contribution in [0, 0.1) is 19.8 Å². The van der Waals surface area contributed by atoms with Gasteiger partial charge in [-0.2, -0.15) is 4.98 Å². The molecule has 3 atom stereocenters. The van der Waals surface area contributed by atoms with E-state index in [4.69, 9.17) is 4.74 Å². The van der Waals surface area contributed by atoms with Gasteiger partial charge in [0.25, 0.3) is 0 Å². The summed E-state index contributed by atoms with van der Waals surface area (Å²) in [5.41, 5.74) is 2.85. The molecule has 0 radical (unpaired) electrons. The normalized spacial score (nSPS) is 22.8. The van der Waals surface area contributed by atoms with Crippen LogP contribution in [0.3, 0.4) is 0 Å². The quantitative estimate of drug-likeness (QED) is 0.668. The Morgan fingerprint density at radius 2 is 2.00 bits per heavy atom. The average Bonchev–Trinajstić information content (AvgIpc) is 2.74. The second kappa shape index (κ2) is 8.89. The Kier molecular flexibility index (Phi) is 6.03. The molecule has 4 rings (SSSR count). The van der Waals surface area contributed by atoms with Crippen LogP contribution < -0.4 is 21.6 Å². The number of hydrogen-bond acceptors (Lipinski definition) is 5. The number of nitrogens with one attached hydrogen (secondary N) is 3. The summed E-state index contributed by atoms with van der Waals surface area (Å²) in [5.74, 6) is -0.0746. The fraction of sp³-hybridized carbons (Fsp3) is 0.455. The molecule has 0 unspecified atom stereocenters. The van der Waals surface area contributed by atoms with E-state index in [0.717, 1.165) is 24.0 Å². The van der Waals surface area contributed by atoms with Gasteiger partial charge >= 0.3 is 11.7 Å². The fourth-order valence-electron chi connectivity index (χ4n) is 4.25. The van der Waals surface area contributed by atoms with Gasteiger partial charge in [0.1, 0.15) is 12.8 Å². The first kappa shape index (κ1) is 21.0. The van der Waals surface area contributed by atoms with E-state index in [0.29, 0.717) is 24.5 Å². The third-order valence-corrected chi connectivity index (χ3v) is 5.83. The van der Waals surface area contributed by atoms with E-state index >= 15 is 0 Å². The number of aromatic nitrogens is 2. The van der Waals surface area contributed by atoms with Crippen LogP contribution in [0.2, 0.25) is 0 Å². The monoisotopic (exact) mass is 425 g/mol. The summed E-state index contributed by atoms with van der Waals surface area (Å²) < 4.78 is 7.07. The van der Waals surface area contributed by atoms with Crippen LogP contribution in [0.15, 0.2) is 35.1 Å². The van der Waals surface area contributed by atoms with Crippen molar-refractivity contribution >= 4 is 11.9 Å². The highest BCUT2D eigenvalue weighted by Crippen LogP contribution is 2.34. The molecule has 0 bridgehead atoms. The SMILES string of the molecule is Cc1cc(C)n(CC(=O)NCc2ccc([C@@H]3NC(=O)N[C@H]4OCCC[C@H]43)cc2)c(=O)n1. The number of rotatable bonds is 5. The van der Waals surface area contributed by atoms with Crippen LogP contribution in [-0.2, 0) is 22.6 Å². The first-order valence-electron chi connectivity index (χ1n) is 10.5. The zero-order valence-electron chi connectivity index (χ0n) is 17.7. The smallest absolute Gasteiger partial charge is 0.348 e. The first-order chi connectivity index (χ1) is 14.9. The maximum Gasteiger partial charge on any atom is 0.348 e. The second-order valence-corrected chi connectivity index (χ2v) is 8.12. The first-order valence-corrected chi connectivity index (χ1v) is 10.5. The number of nitrogens with zero attached hydrogens (tertiary/aromatic N) is 2.